The summed E-state index contributed by atoms with van der Waals surface area (Å²) in [5, 5.41) is 13.0. The van der Waals surface area contributed by atoms with Crippen LogP contribution in [-0.4, -0.2) is 21.9 Å². The molecule has 1 amide bonds. The van der Waals surface area contributed by atoms with E-state index in [0.717, 1.165) is 41.0 Å². The highest BCUT2D eigenvalue weighted by atomic mass is 32.1. The number of hydrogen-bond donors (Lipinski definition) is 1. The Kier molecular flexibility index (Phi) is 5.94. The molecule has 0 unspecified atom stereocenters. The van der Waals surface area contributed by atoms with E-state index in [-0.39, 0.29) is 11.7 Å². The van der Waals surface area contributed by atoms with E-state index in [2.05, 4.69) is 20.4 Å². The molecule has 164 valence electrons. The molecule has 2 aromatic carbocycles. The van der Waals surface area contributed by atoms with Crippen LogP contribution in [0.1, 0.15) is 50.8 Å². The molecule has 1 aliphatic carbocycles. The topological polar surface area (TPSA) is 68.5 Å². The minimum atomic E-state index is -0.556. The van der Waals surface area contributed by atoms with E-state index in [1.807, 2.05) is 39.0 Å². The number of amides is 1. The van der Waals surface area contributed by atoms with E-state index in [1.165, 1.54) is 23.5 Å². The SMILES string of the molecule is [C-]#[N+]c1cc(-c2nnc(-c3cccc4c3CCC[C@H]4NC(=O)OC(C)(C)C)s2)ccc1F. The second kappa shape index (κ2) is 8.67. The van der Waals surface area contributed by atoms with Gasteiger partial charge in [0.15, 0.2) is 0 Å². The third kappa shape index (κ3) is 4.63. The summed E-state index contributed by atoms with van der Waals surface area (Å²) in [5.41, 5.74) is 3.26. The first-order chi connectivity index (χ1) is 15.2. The lowest BCUT2D eigenvalue weighted by atomic mass is 9.85. The Morgan fingerprint density at radius 1 is 1.25 bits per heavy atom. The molecule has 3 aromatic rings. The van der Waals surface area contributed by atoms with Crippen LogP contribution in [0.15, 0.2) is 36.4 Å². The van der Waals surface area contributed by atoms with Gasteiger partial charge < -0.3 is 10.1 Å². The normalized spacial score (nSPS) is 15.5. The molecule has 1 aromatic heterocycles. The van der Waals surface area contributed by atoms with Gasteiger partial charge in [-0.3, -0.25) is 0 Å². The van der Waals surface area contributed by atoms with Crippen molar-refractivity contribution in [3.63, 3.8) is 0 Å². The molecule has 1 N–H and O–H groups in total. The first-order valence-corrected chi connectivity index (χ1v) is 11.2. The summed E-state index contributed by atoms with van der Waals surface area (Å²) in [5.74, 6) is -0.547. The molecule has 6 nitrogen and oxygen atoms in total. The molecule has 8 heteroatoms. The smallest absolute Gasteiger partial charge is 0.408 e. The largest absolute Gasteiger partial charge is 0.444 e. The molecular weight excluding hydrogens is 427 g/mol. The molecule has 1 heterocycles. The number of fused-ring (bicyclic) bond motifs is 1. The molecule has 1 aliphatic rings. The number of nitrogens with zero attached hydrogens (tertiary/aromatic N) is 3. The molecule has 4 rings (SSSR count). The molecule has 32 heavy (non-hydrogen) atoms. The van der Waals surface area contributed by atoms with Gasteiger partial charge in [-0.25, -0.2) is 14.0 Å². The Hall–Kier alpha value is -3.31. The summed E-state index contributed by atoms with van der Waals surface area (Å²) in [4.78, 5) is 15.5. The van der Waals surface area contributed by atoms with Gasteiger partial charge in [-0.1, -0.05) is 35.6 Å². The molecule has 0 radical (unpaired) electrons. The fourth-order valence-electron chi connectivity index (χ4n) is 3.83. The van der Waals surface area contributed by atoms with Crippen LogP contribution in [0, 0.1) is 12.4 Å². The van der Waals surface area contributed by atoms with Crippen molar-refractivity contribution in [2.75, 3.05) is 0 Å². The summed E-state index contributed by atoms with van der Waals surface area (Å²) in [7, 11) is 0. The second-order valence-electron chi connectivity index (χ2n) is 8.65. The van der Waals surface area contributed by atoms with Crippen LogP contribution in [0.5, 0.6) is 0 Å². The standard InChI is InChI=1S/C24H23FN4O2S/c1-24(2,3)31-23(30)27-19-10-6-7-15-16(19)8-5-9-17(15)22-29-28-21(32-22)14-11-12-18(25)20(13-14)26-4/h5,8-9,11-13,19H,6-7,10H2,1-3H3,(H,27,30)/t19-/m1/s1. The van der Waals surface area contributed by atoms with Gasteiger partial charge in [-0.15, -0.1) is 10.2 Å². The maximum Gasteiger partial charge on any atom is 0.408 e. The molecule has 1 atom stereocenters. The average Bonchev–Trinajstić information content (AvgIpc) is 3.22. The number of ether oxygens (including phenoxy) is 1. The van der Waals surface area contributed by atoms with E-state index in [1.54, 1.807) is 6.07 Å². The zero-order valence-electron chi connectivity index (χ0n) is 18.1. The highest BCUT2D eigenvalue weighted by Crippen LogP contribution is 2.39. The third-order valence-electron chi connectivity index (χ3n) is 5.17. The van der Waals surface area contributed by atoms with Crippen molar-refractivity contribution in [1.29, 1.82) is 0 Å². The van der Waals surface area contributed by atoms with Crippen LogP contribution < -0.4 is 5.32 Å². The minimum Gasteiger partial charge on any atom is -0.444 e. The van der Waals surface area contributed by atoms with E-state index in [9.17, 15) is 9.18 Å². The second-order valence-corrected chi connectivity index (χ2v) is 9.63. The lowest BCUT2D eigenvalue weighted by Crippen LogP contribution is -2.36. The van der Waals surface area contributed by atoms with E-state index >= 15 is 0 Å². The van der Waals surface area contributed by atoms with Crippen molar-refractivity contribution in [1.82, 2.24) is 15.5 Å². The number of alkyl carbamates (subject to hydrolysis) is 1. The van der Waals surface area contributed by atoms with Crippen LogP contribution in [-0.2, 0) is 11.2 Å². The minimum absolute atomic E-state index is 0.0348. The summed E-state index contributed by atoms with van der Waals surface area (Å²) in [6, 6.07) is 10.3. The number of carbonyl (C=O) groups is 1. The number of benzene rings is 2. The van der Waals surface area contributed by atoms with Crippen LogP contribution in [0.25, 0.3) is 26.0 Å². The van der Waals surface area contributed by atoms with Gasteiger partial charge in [0.2, 0.25) is 5.69 Å². The highest BCUT2D eigenvalue weighted by molar-refractivity contribution is 7.17. The van der Waals surface area contributed by atoms with Crippen LogP contribution in [0.3, 0.4) is 0 Å². The van der Waals surface area contributed by atoms with Gasteiger partial charge in [0.1, 0.15) is 21.4 Å². The number of nitrogens with one attached hydrogen (secondary N) is 1. The highest BCUT2D eigenvalue weighted by Gasteiger charge is 2.27. The first-order valence-electron chi connectivity index (χ1n) is 10.4. The van der Waals surface area contributed by atoms with Gasteiger partial charge in [-0.2, -0.15) is 0 Å². The van der Waals surface area contributed by atoms with Crippen molar-refractivity contribution >= 4 is 23.1 Å². The quantitative estimate of drug-likeness (QED) is 0.465. The zero-order chi connectivity index (χ0) is 22.9. The van der Waals surface area contributed by atoms with Crippen molar-refractivity contribution in [3.8, 4) is 21.1 Å². The Labute approximate surface area is 190 Å². The summed E-state index contributed by atoms with van der Waals surface area (Å²) in [6.45, 7) is 12.6. The summed E-state index contributed by atoms with van der Waals surface area (Å²) >= 11 is 1.40. The van der Waals surface area contributed by atoms with Gasteiger partial charge in [0, 0.05) is 11.1 Å². The molecule has 0 aliphatic heterocycles. The lowest BCUT2D eigenvalue weighted by molar-refractivity contribution is 0.0498. The van der Waals surface area contributed by atoms with Gasteiger partial charge in [-0.05, 0) is 63.3 Å². The lowest BCUT2D eigenvalue weighted by Gasteiger charge is -2.29. The third-order valence-corrected chi connectivity index (χ3v) is 6.17. The average molecular weight is 451 g/mol. The molecule has 0 saturated carbocycles. The zero-order valence-corrected chi connectivity index (χ0v) is 18.9. The summed E-state index contributed by atoms with van der Waals surface area (Å²) in [6.07, 6.45) is 2.23. The van der Waals surface area contributed by atoms with Gasteiger partial charge in [0.05, 0.1) is 12.6 Å². The Morgan fingerprint density at radius 3 is 2.78 bits per heavy atom. The molecule has 0 saturated heterocycles. The van der Waals surface area contributed by atoms with Crippen molar-refractivity contribution < 1.29 is 13.9 Å². The van der Waals surface area contributed by atoms with Crippen LogP contribution >= 0.6 is 11.3 Å². The number of aromatic nitrogens is 2. The fourth-order valence-corrected chi connectivity index (χ4v) is 4.72. The number of hydrogen-bond acceptors (Lipinski definition) is 5. The van der Waals surface area contributed by atoms with E-state index in [4.69, 9.17) is 11.3 Å². The van der Waals surface area contributed by atoms with Crippen LogP contribution in [0.4, 0.5) is 14.9 Å². The van der Waals surface area contributed by atoms with Crippen molar-refractivity contribution in [2.24, 2.45) is 0 Å². The molecular formula is C24H23FN4O2S. The Balaban J connectivity index is 1.63. The predicted molar refractivity (Wildman–Crippen MR) is 122 cm³/mol. The molecule has 0 spiro atoms. The van der Waals surface area contributed by atoms with E-state index < -0.39 is 17.5 Å². The maximum absolute atomic E-state index is 13.7. The number of carbonyl (C=O) groups excluding carboxylic acids is 1. The predicted octanol–water partition coefficient (Wildman–Crippen LogP) is 6.46. The van der Waals surface area contributed by atoms with Gasteiger partial charge >= 0.3 is 6.09 Å². The monoisotopic (exact) mass is 450 g/mol. The van der Waals surface area contributed by atoms with E-state index in [0.29, 0.717) is 10.6 Å². The maximum atomic E-state index is 13.7. The number of halogens is 1. The van der Waals surface area contributed by atoms with Gasteiger partial charge in [0.25, 0.3) is 0 Å². The first kappa shape index (κ1) is 21.9. The Bertz CT molecular complexity index is 1210. The van der Waals surface area contributed by atoms with Crippen molar-refractivity contribution in [3.05, 3.63) is 64.8 Å². The molecule has 0 bridgehead atoms. The summed E-state index contributed by atoms with van der Waals surface area (Å²) < 4.78 is 19.1. The van der Waals surface area contributed by atoms with Crippen LogP contribution in [0.2, 0.25) is 0 Å². The number of rotatable bonds is 3. The van der Waals surface area contributed by atoms with Crippen molar-refractivity contribution in [2.45, 2.75) is 51.7 Å². The Morgan fingerprint density at radius 2 is 2.03 bits per heavy atom. The molecule has 0 fully saturated rings. The fraction of sp³-hybridized carbons (Fsp3) is 0.333.